The van der Waals surface area contributed by atoms with Crippen LogP contribution >= 0.6 is 0 Å². The van der Waals surface area contributed by atoms with Gasteiger partial charge in [-0.05, 0) is 42.5 Å². The molecule has 1 aromatic heterocycles. The van der Waals surface area contributed by atoms with Crippen molar-refractivity contribution in [3.63, 3.8) is 0 Å². The zero-order chi connectivity index (χ0) is 26.0. The molecule has 186 valence electrons. The van der Waals surface area contributed by atoms with Crippen molar-refractivity contribution in [1.82, 2.24) is 5.32 Å². The number of nitrogens with one attached hydrogen (secondary N) is 3. The maximum atomic E-state index is 14.0. The van der Waals surface area contributed by atoms with Crippen molar-refractivity contribution in [3.8, 4) is 11.8 Å². The molecule has 35 heavy (non-hydrogen) atoms. The first-order valence-corrected chi connectivity index (χ1v) is 10.1. The van der Waals surface area contributed by atoms with Crippen molar-refractivity contribution in [3.05, 3.63) is 53.2 Å². The molecular weight excluding hydrogens is 482 g/mol. The van der Waals surface area contributed by atoms with Crippen LogP contribution in [0.2, 0.25) is 0 Å². The SMILES string of the molecule is Nc1cc(Cc2ccc3c(c2)NC(=O)N[C@]3(C#CC2CC2)C(F)(F)F)cc[nH+]1.O=C([O-])C(F)(F)F. The van der Waals surface area contributed by atoms with Gasteiger partial charge in [-0.3, -0.25) is 5.73 Å². The van der Waals surface area contributed by atoms with Crippen LogP contribution in [0.25, 0.3) is 0 Å². The van der Waals surface area contributed by atoms with Gasteiger partial charge in [-0.25, -0.2) is 9.78 Å². The number of fused-ring (bicyclic) bond motifs is 1. The number of benzene rings is 1. The van der Waals surface area contributed by atoms with Gasteiger partial charge in [0.2, 0.25) is 5.54 Å². The molecule has 4 rings (SSSR count). The topological polar surface area (TPSA) is 121 Å². The molecule has 0 unspecified atom stereocenters. The molecule has 0 spiro atoms. The van der Waals surface area contributed by atoms with Crippen LogP contribution in [-0.2, 0) is 16.8 Å². The summed E-state index contributed by atoms with van der Waals surface area (Å²) in [5, 5.41) is 13.3. The minimum absolute atomic E-state index is 0.0333. The van der Waals surface area contributed by atoms with Crippen LogP contribution in [-0.4, -0.2) is 24.4 Å². The average Bonchev–Trinajstić information content (AvgIpc) is 3.55. The number of aromatic amines is 1. The number of carbonyl (C=O) groups excluding carboxylic acids is 2. The number of nitrogen functional groups attached to an aromatic ring is 1. The summed E-state index contributed by atoms with van der Waals surface area (Å²) < 4.78 is 73.7. The van der Waals surface area contributed by atoms with Gasteiger partial charge in [0, 0.05) is 23.2 Å². The number of pyridine rings is 1. The fraction of sp³-hybridized carbons (Fsp3) is 0.318. The van der Waals surface area contributed by atoms with Crippen molar-refractivity contribution in [2.45, 2.75) is 37.2 Å². The van der Waals surface area contributed by atoms with Gasteiger partial charge >= 0.3 is 18.4 Å². The summed E-state index contributed by atoms with van der Waals surface area (Å²) in [6.45, 7) is 0. The number of carbonyl (C=O) groups is 2. The number of carboxylic acid groups (broad SMARTS) is 1. The quantitative estimate of drug-likeness (QED) is 0.433. The van der Waals surface area contributed by atoms with Crippen molar-refractivity contribution >= 4 is 23.5 Å². The number of amides is 2. The number of halogens is 6. The van der Waals surface area contributed by atoms with E-state index in [1.54, 1.807) is 24.4 Å². The number of urea groups is 1. The van der Waals surface area contributed by atoms with Crippen molar-refractivity contribution in [1.29, 1.82) is 0 Å². The smallest absolute Gasteiger partial charge is 0.430 e. The lowest BCUT2D eigenvalue weighted by Crippen LogP contribution is -2.59. The molecule has 2 aliphatic rings. The average molecular weight is 500 g/mol. The Bertz CT molecular complexity index is 1200. The number of nitrogens with two attached hydrogens (primary N) is 1. The van der Waals surface area contributed by atoms with E-state index in [1.807, 2.05) is 11.4 Å². The van der Waals surface area contributed by atoms with Gasteiger partial charge in [-0.1, -0.05) is 24.0 Å². The molecule has 2 amide bonds. The molecule has 1 aliphatic heterocycles. The second-order valence-corrected chi connectivity index (χ2v) is 7.86. The summed E-state index contributed by atoms with van der Waals surface area (Å²) in [5.41, 5.74) is 4.67. The van der Waals surface area contributed by atoms with E-state index in [1.165, 1.54) is 6.07 Å². The maximum Gasteiger partial charge on any atom is 0.430 e. The fourth-order valence-electron chi connectivity index (χ4n) is 3.23. The monoisotopic (exact) mass is 500 g/mol. The molecule has 1 fully saturated rings. The summed E-state index contributed by atoms with van der Waals surface area (Å²) >= 11 is 0. The molecule has 2 heterocycles. The van der Waals surface area contributed by atoms with E-state index < -0.39 is 29.9 Å². The van der Waals surface area contributed by atoms with Crippen molar-refractivity contribution in [2.75, 3.05) is 11.1 Å². The maximum absolute atomic E-state index is 14.0. The van der Waals surface area contributed by atoms with E-state index in [0.29, 0.717) is 12.2 Å². The highest BCUT2D eigenvalue weighted by Gasteiger charge is 2.59. The number of aromatic nitrogens is 1. The summed E-state index contributed by atoms with van der Waals surface area (Å²) in [6.07, 6.45) is -6.22. The van der Waals surface area contributed by atoms with Crippen LogP contribution in [0.5, 0.6) is 0 Å². The van der Waals surface area contributed by atoms with Crippen LogP contribution in [0.15, 0.2) is 36.5 Å². The lowest BCUT2D eigenvalue weighted by molar-refractivity contribution is -0.360. The van der Waals surface area contributed by atoms with Gasteiger partial charge < -0.3 is 20.5 Å². The van der Waals surface area contributed by atoms with Crippen LogP contribution in [0.4, 0.5) is 42.6 Å². The Labute approximate surface area is 194 Å². The third-order valence-electron chi connectivity index (χ3n) is 5.03. The Hall–Kier alpha value is -3.95. The van der Waals surface area contributed by atoms with Crippen LogP contribution in [0.1, 0.15) is 29.5 Å². The Morgan fingerprint density at radius 1 is 1.14 bits per heavy atom. The highest BCUT2D eigenvalue weighted by Crippen LogP contribution is 2.44. The second-order valence-electron chi connectivity index (χ2n) is 7.86. The number of aliphatic carboxylic acids is 1. The standard InChI is InChI=1S/C20H17F3N4O.C2HF3O2/c21-20(22,23)19(7-5-12-1-2-12)15-4-3-13(10-16(15)26-18(28)27-19)9-14-6-8-25-17(24)11-14;3-2(4,5)1(6)7/h3-4,6,8,10-12H,1-2,9H2,(H2,24,25)(H2,26,27,28);(H,6,7)/t19-;/m0./s1. The number of hydrogen-bond acceptors (Lipinski definition) is 4. The summed E-state index contributed by atoms with van der Waals surface area (Å²) in [6, 6.07) is 7.21. The number of H-pyrrole nitrogens is 1. The molecular formula is C22H18F6N4O3. The van der Waals surface area contributed by atoms with E-state index in [4.69, 9.17) is 15.6 Å². The van der Waals surface area contributed by atoms with Gasteiger partial charge in [-0.2, -0.15) is 26.3 Å². The van der Waals surface area contributed by atoms with Crippen molar-refractivity contribution < 1.29 is 46.0 Å². The molecule has 1 aromatic carbocycles. The first-order valence-electron chi connectivity index (χ1n) is 10.1. The molecule has 1 aliphatic carbocycles. The van der Waals surface area contributed by atoms with Gasteiger partial charge in [0.05, 0.1) is 6.20 Å². The predicted molar refractivity (Wildman–Crippen MR) is 108 cm³/mol. The third kappa shape index (κ3) is 6.14. The van der Waals surface area contributed by atoms with E-state index in [0.717, 1.165) is 24.0 Å². The van der Waals surface area contributed by atoms with Gasteiger partial charge in [0.15, 0.2) is 0 Å². The predicted octanol–water partition coefficient (Wildman–Crippen LogP) is 2.28. The Kier molecular flexibility index (Phi) is 6.86. The van der Waals surface area contributed by atoms with Crippen LogP contribution in [0, 0.1) is 17.8 Å². The number of hydrogen-bond donors (Lipinski definition) is 3. The van der Waals surface area contributed by atoms with E-state index in [9.17, 15) is 31.1 Å². The minimum Gasteiger partial charge on any atom is -0.542 e. The van der Waals surface area contributed by atoms with Gasteiger partial charge in [-0.15, -0.1) is 0 Å². The fourth-order valence-corrected chi connectivity index (χ4v) is 3.23. The number of anilines is 2. The summed E-state index contributed by atoms with van der Waals surface area (Å²) in [7, 11) is 0. The second kappa shape index (κ2) is 9.36. The molecule has 7 nitrogen and oxygen atoms in total. The first-order chi connectivity index (χ1) is 16.2. The van der Waals surface area contributed by atoms with Crippen LogP contribution in [0.3, 0.4) is 0 Å². The number of alkyl halides is 6. The first kappa shape index (κ1) is 25.7. The molecule has 1 atom stereocenters. The number of carboxylic acids is 1. The van der Waals surface area contributed by atoms with Crippen LogP contribution < -0.4 is 26.5 Å². The third-order valence-corrected chi connectivity index (χ3v) is 5.03. The highest BCUT2D eigenvalue weighted by molar-refractivity contribution is 5.95. The number of rotatable bonds is 2. The van der Waals surface area contributed by atoms with Gasteiger partial charge in [0.1, 0.15) is 5.97 Å². The lowest BCUT2D eigenvalue weighted by Gasteiger charge is -2.37. The van der Waals surface area contributed by atoms with E-state index in [-0.39, 0.29) is 17.2 Å². The van der Waals surface area contributed by atoms with E-state index >= 15 is 0 Å². The molecule has 0 saturated heterocycles. The molecule has 0 radical (unpaired) electrons. The molecule has 0 bridgehead atoms. The normalized spacial score (nSPS) is 19.1. The summed E-state index contributed by atoms with van der Waals surface area (Å²) in [4.78, 5) is 23.7. The Morgan fingerprint density at radius 2 is 1.77 bits per heavy atom. The largest absolute Gasteiger partial charge is 0.542 e. The zero-order valence-corrected chi connectivity index (χ0v) is 17.7. The molecule has 13 heteroatoms. The summed E-state index contributed by atoms with van der Waals surface area (Å²) in [5.74, 6) is 2.44. The van der Waals surface area contributed by atoms with E-state index in [2.05, 4.69) is 22.1 Å². The van der Waals surface area contributed by atoms with Gasteiger partial charge in [0.25, 0.3) is 5.82 Å². The zero-order valence-electron chi connectivity index (χ0n) is 17.7. The molecule has 5 N–H and O–H groups in total. The highest BCUT2D eigenvalue weighted by atomic mass is 19.4. The van der Waals surface area contributed by atoms with Crippen molar-refractivity contribution in [2.24, 2.45) is 5.92 Å². The molecule has 1 saturated carbocycles. The Balaban J connectivity index is 0.000000429. The lowest BCUT2D eigenvalue weighted by atomic mass is 9.85. The minimum atomic E-state index is -5.19. The Morgan fingerprint density at radius 3 is 2.31 bits per heavy atom. The molecule has 2 aromatic rings.